The molecule has 0 spiro atoms. The molecule has 0 aliphatic heterocycles. The number of hydrogen-bond donors (Lipinski definition) is 1. The minimum atomic E-state index is -0.0922. The van der Waals surface area contributed by atoms with Crippen LogP contribution in [0.1, 0.15) is 21.6 Å². The molecule has 1 amide bonds. The highest BCUT2D eigenvalue weighted by atomic mass is 32.2. The van der Waals surface area contributed by atoms with Gasteiger partial charge in [-0.3, -0.25) is 4.79 Å². The highest BCUT2D eigenvalue weighted by Gasteiger charge is 2.10. The first-order valence-corrected chi connectivity index (χ1v) is 7.67. The first kappa shape index (κ1) is 13.1. The molecule has 0 aliphatic rings. The molecular weight excluding hydrogens is 264 g/mol. The monoisotopic (exact) mass is 278 g/mol. The molecule has 0 atom stereocenters. The van der Waals surface area contributed by atoms with E-state index in [1.165, 1.54) is 11.3 Å². The fraction of sp³-hybridized carbons (Fsp3) is 0.231. The topological polar surface area (TPSA) is 42.0 Å². The zero-order valence-corrected chi connectivity index (χ0v) is 11.9. The average molecular weight is 278 g/mol. The number of thioether (sulfide) groups is 1. The third kappa shape index (κ3) is 3.11. The smallest absolute Gasteiger partial charge is 0.267 e. The quantitative estimate of drug-likeness (QED) is 0.867. The van der Waals surface area contributed by atoms with E-state index in [1.54, 1.807) is 18.0 Å². The molecule has 0 fully saturated rings. The molecule has 94 valence electrons. The predicted molar refractivity (Wildman–Crippen MR) is 77.7 cm³/mol. The second kappa shape index (κ2) is 6.02. The molecule has 3 nitrogen and oxygen atoms in total. The average Bonchev–Trinajstić information content (AvgIpc) is 2.88. The Morgan fingerprint density at radius 2 is 2.33 bits per heavy atom. The molecule has 2 rings (SSSR count). The summed E-state index contributed by atoms with van der Waals surface area (Å²) in [6, 6.07) is 7.80. The van der Waals surface area contributed by atoms with Crippen molar-refractivity contribution in [3.8, 4) is 0 Å². The lowest BCUT2D eigenvalue weighted by Crippen LogP contribution is -2.09. The Morgan fingerprint density at radius 1 is 1.50 bits per heavy atom. The van der Waals surface area contributed by atoms with Gasteiger partial charge in [0.25, 0.3) is 5.91 Å². The Labute approximate surface area is 115 Å². The Morgan fingerprint density at radius 3 is 3.00 bits per heavy atom. The van der Waals surface area contributed by atoms with Gasteiger partial charge in [0.15, 0.2) is 0 Å². The molecule has 5 heteroatoms. The molecule has 18 heavy (non-hydrogen) atoms. The van der Waals surface area contributed by atoms with Crippen molar-refractivity contribution >= 4 is 34.7 Å². The van der Waals surface area contributed by atoms with Crippen LogP contribution in [0.2, 0.25) is 0 Å². The van der Waals surface area contributed by atoms with Crippen LogP contribution in [0.5, 0.6) is 0 Å². The number of carbonyl (C=O) groups is 1. The van der Waals surface area contributed by atoms with Crippen molar-refractivity contribution < 1.29 is 4.79 Å². The maximum atomic E-state index is 12.0. The molecule has 1 N–H and O–H groups in total. The Hall–Kier alpha value is -1.33. The van der Waals surface area contributed by atoms with Gasteiger partial charge in [0.2, 0.25) is 0 Å². The van der Waals surface area contributed by atoms with Crippen molar-refractivity contribution in [3.05, 3.63) is 40.3 Å². The maximum Gasteiger partial charge on any atom is 0.267 e. The highest BCUT2D eigenvalue weighted by Crippen LogP contribution is 2.20. The largest absolute Gasteiger partial charge is 0.321 e. The summed E-state index contributed by atoms with van der Waals surface area (Å²) in [6.45, 7) is 2.03. The Balaban J connectivity index is 2.10. The van der Waals surface area contributed by atoms with Gasteiger partial charge in [0.05, 0.1) is 11.2 Å². The summed E-state index contributed by atoms with van der Waals surface area (Å²) in [7, 11) is 0. The Kier molecular flexibility index (Phi) is 4.38. The van der Waals surface area contributed by atoms with Gasteiger partial charge in [0, 0.05) is 10.6 Å². The number of carbonyl (C=O) groups excluding carboxylic acids is 1. The van der Waals surface area contributed by atoms with Gasteiger partial charge in [-0.1, -0.05) is 13.0 Å². The summed E-state index contributed by atoms with van der Waals surface area (Å²) in [5.74, 6) is -0.0922. The first-order chi connectivity index (χ1) is 8.72. The van der Waals surface area contributed by atoms with Crippen molar-refractivity contribution in [2.75, 3.05) is 11.6 Å². The van der Waals surface area contributed by atoms with Crippen LogP contribution in [0.25, 0.3) is 0 Å². The number of anilines is 1. The maximum absolute atomic E-state index is 12.0. The third-order valence-corrected chi connectivity index (χ3v) is 4.27. The fourth-order valence-electron chi connectivity index (χ4n) is 1.47. The summed E-state index contributed by atoms with van der Waals surface area (Å²) < 4.78 is 0. The van der Waals surface area contributed by atoms with Gasteiger partial charge in [-0.2, -0.15) is 0 Å². The van der Waals surface area contributed by atoms with E-state index < -0.39 is 0 Å². The lowest BCUT2D eigenvalue weighted by molar-refractivity contribution is 0.103. The van der Waals surface area contributed by atoms with Gasteiger partial charge in [-0.15, -0.1) is 23.1 Å². The minimum Gasteiger partial charge on any atom is -0.321 e. The van der Waals surface area contributed by atoms with E-state index >= 15 is 0 Å². The second-order valence-corrected chi connectivity index (χ2v) is 5.65. The molecule has 0 radical (unpaired) electrons. The molecule has 0 saturated carbocycles. The molecule has 1 heterocycles. The second-order valence-electron chi connectivity index (χ2n) is 3.66. The lowest BCUT2D eigenvalue weighted by atomic mass is 10.3. The van der Waals surface area contributed by atoms with Crippen LogP contribution in [-0.2, 0) is 6.42 Å². The van der Waals surface area contributed by atoms with Gasteiger partial charge < -0.3 is 5.32 Å². The van der Waals surface area contributed by atoms with Crippen LogP contribution in [-0.4, -0.2) is 17.1 Å². The molecule has 0 aliphatic carbocycles. The van der Waals surface area contributed by atoms with Crippen LogP contribution >= 0.6 is 23.1 Å². The molecule has 0 saturated heterocycles. The van der Waals surface area contributed by atoms with Gasteiger partial charge in [0.1, 0.15) is 4.88 Å². The summed E-state index contributed by atoms with van der Waals surface area (Å²) >= 11 is 3.09. The number of hydrogen-bond acceptors (Lipinski definition) is 4. The van der Waals surface area contributed by atoms with E-state index in [2.05, 4.69) is 10.3 Å². The molecule has 0 bridgehead atoms. The van der Waals surface area contributed by atoms with E-state index in [4.69, 9.17) is 0 Å². The normalized spacial score (nSPS) is 10.3. The molecule has 1 aromatic carbocycles. The molecular formula is C13H14N2OS2. The molecule has 0 unspecified atom stereocenters. The number of rotatable bonds is 4. The number of nitrogens with one attached hydrogen (secondary N) is 1. The highest BCUT2D eigenvalue weighted by molar-refractivity contribution is 7.98. The van der Waals surface area contributed by atoms with Crippen LogP contribution < -0.4 is 5.32 Å². The van der Waals surface area contributed by atoms with Crippen molar-refractivity contribution in [2.24, 2.45) is 0 Å². The molecule has 1 aromatic heterocycles. The van der Waals surface area contributed by atoms with Crippen LogP contribution in [0.3, 0.4) is 0 Å². The summed E-state index contributed by atoms with van der Waals surface area (Å²) in [5, 5.41) is 3.87. The van der Waals surface area contributed by atoms with Crippen molar-refractivity contribution in [2.45, 2.75) is 18.2 Å². The number of amides is 1. The van der Waals surface area contributed by atoms with E-state index in [0.717, 1.165) is 22.0 Å². The number of nitrogens with zero attached hydrogens (tertiary/aromatic N) is 1. The first-order valence-electron chi connectivity index (χ1n) is 5.63. The van der Waals surface area contributed by atoms with E-state index in [0.29, 0.717) is 4.88 Å². The lowest BCUT2D eigenvalue weighted by Gasteiger charge is -2.04. The van der Waals surface area contributed by atoms with Crippen molar-refractivity contribution in [1.82, 2.24) is 4.98 Å². The standard InChI is InChI=1S/C13H14N2OS2/c1-3-12-14-8-11(18-12)13(16)15-9-5-4-6-10(7-9)17-2/h4-8H,3H2,1-2H3,(H,15,16). The van der Waals surface area contributed by atoms with Crippen LogP contribution in [0.4, 0.5) is 5.69 Å². The van der Waals surface area contributed by atoms with Gasteiger partial charge >= 0.3 is 0 Å². The zero-order chi connectivity index (χ0) is 13.0. The third-order valence-electron chi connectivity index (χ3n) is 2.41. The summed E-state index contributed by atoms with van der Waals surface area (Å²) in [4.78, 5) is 18.0. The predicted octanol–water partition coefficient (Wildman–Crippen LogP) is 3.68. The van der Waals surface area contributed by atoms with Crippen molar-refractivity contribution in [3.63, 3.8) is 0 Å². The SMILES string of the molecule is CCc1ncc(C(=O)Nc2cccc(SC)c2)s1. The molecule has 2 aromatic rings. The number of aryl methyl sites for hydroxylation is 1. The zero-order valence-electron chi connectivity index (χ0n) is 10.3. The van der Waals surface area contributed by atoms with E-state index in [-0.39, 0.29) is 5.91 Å². The van der Waals surface area contributed by atoms with Crippen LogP contribution in [0.15, 0.2) is 35.4 Å². The van der Waals surface area contributed by atoms with Crippen molar-refractivity contribution in [1.29, 1.82) is 0 Å². The van der Waals surface area contributed by atoms with E-state index in [1.807, 2.05) is 37.4 Å². The van der Waals surface area contributed by atoms with Gasteiger partial charge in [-0.25, -0.2) is 4.98 Å². The number of benzene rings is 1. The fourth-order valence-corrected chi connectivity index (χ4v) is 2.68. The van der Waals surface area contributed by atoms with Crippen LogP contribution in [0, 0.1) is 0 Å². The minimum absolute atomic E-state index is 0.0922. The number of thiazole rings is 1. The summed E-state index contributed by atoms with van der Waals surface area (Å²) in [5.41, 5.74) is 0.818. The summed E-state index contributed by atoms with van der Waals surface area (Å²) in [6.07, 6.45) is 4.51. The Bertz CT molecular complexity index is 551. The van der Waals surface area contributed by atoms with E-state index in [9.17, 15) is 4.79 Å². The number of aromatic nitrogens is 1. The van der Waals surface area contributed by atoms with Gasteiger partial charge in [-0.05, 0) is 30.9 Å².